The normalized spacial score (nSPS) is 13.1. The van der Waals surface area contributed by atoms with Crippen LogP contribution in [-0.2, 0) is 4.79 Å². The van der Waals surface area contributed by atoms with Crippen molar-refractivity contribution >= 4 is 52.1 Å². The molecule has 0 bridgehead atoms. The van der Waals surface area contributed by atoms with Crippen LogP contribution in [0.4, 0.5) is 23.0 Å². The second-order valence-corrected chi connectivity index (χ2v) is 8.22. The van der Waals surface area contributed by atoms with E-state index in [-0.39, 0.29) is 11.6 Å². The van der Waals surface area contributed by atoms with Gasteiger partial charge in [-0.15, -0.1) is 0 Å². The molecular formula is C23H20Cl2N6O3. The maximum absolute atomic E-state index is 12.5. The first-order valence-electron chi connectivity index (χ1n) is 10.4. The number of carbonyl (C=O) groups is 1. The summed E-state index contributed by atoms with van der Waals surface area (Å²) in [6.07, 6.45) is 5.33. The summed E-state index contributed by atoms with van der Waals surface area (Å²) in [6.45, 7) is 1.46. The van der Waals surface area contributed by atoms with Crippen molar-refractivity contribution in [3.05, 3.63) is 81.0 Å². The van der Waals surface area contributed by atoms with Gasteiger partial charge in [0.15, 0.2) is 0 Å². The molecule has 0 atom stereocenters. The van der Waals surface area contributed by atoms with Gasteiger partial charge in [-0.2, -0.15) is 0 Å². The second kappa shape index (κ2) is 10.5. The van der Waals surface area contributed by atoms with Crippen LogP contribution in [0.2, 0.25) is 10.0 Å². The lowest BCUT2D eigenvalue weighted by molar-refractivity contribution is -0.385. The molecule has 0 unspecified atom stereocenters. The molecule has 0 aliphatic carbocycles. The molecular weight excluding hydrogens is 479 g/mol. The van der Waals surface area contributed by atoms with Crippen LogP contribution in [-0.4, -0.2) is 40.4 Å². The predicted octanol–water partition coefficient (Wildman–Crippen LogP) is 5.18. The van der Waals surface area contributed by atoms with E-state index in [1.807, 2.05) is 18.2 Å². The number of nitrogens with one attached hydrogen (secondary N) is 2. The summed E-state index contributed by atoms with van der Waals surface area (Å²) in [6, 6.07) is 11.7. The van der Waals surface area contributed by atoms with Gasteiger partial charge in [-0.05, 0) is 36.4 Å². The van der Waals surface area contributed by atoms with Crippen molar-refractivity contribution in [2.75, 3.05) is 35.2 Å². The summed E-state index contributed by atoms with van der Waals surface area (Å²) in [5.41, 5.74) is 1.84. The van der Waals surface area contributed by atoms with Gasteiger partial charge in [0.25, 0.3) is 5.69 Å². The highest BCUT2D eigenvalue weighted by atomic mass is 35.5. The van der Waals surface area contributed by atoms with Gasteiger partial charge in [-0.1, -0.05) is 35.4 Å². The lowest BCUT2D eigenvalue weighted by Gasteiger charge is -2.26. The molecule has 2 N–H and O–H groups in total. The predicted molar refractivity (Wildman–Crippen MR) is 134 cm³/mol. The van der Waals surface area contributed by atoms with Crippen molar-refractivity contribution in [2.24, 2.45) is 0 Å². The van der Waals surface area contributed by atoms with E-state index < -0.39 is 4.92 Å². The first-order chi connectivity index (χ1) is 16.4. The number of aromatic nitrogens is 2. The number of nitro groups is 1. The molecule has 34 heavy (non-hydrogen) atoms. The van der Waals surface area contributed by atoms with Gasteiger partial charge in [-0.25, -0.2) is 9.97 Å². The zero-order valence-corrected chi connectivity index (χ0v) is 19.4. The Labute approximate surface area is 205 Å². The number of carbonyl (C=O) groups excluding carboxylic acids is 1. The van der Waals surface area contributed by atoms with Crippen LogP contribution < -0.4 is 15.5 Å². The van der Waals surface area contributed by atoms with Crippen molar-refractivity contribution in [1.82, 2.24) is 9.97 Å². The van der Waals surface area contributed by atoms with Gasteiger partial charge in [0.2, 0.25) is 5.91 Å². The lowest BCUT2D eigenvalue weighted by atomic mass is 10.1. The summed E-state index contributed by atoms with van der Waals surface area (Å²) in [4.78, 5) is 33.2. The number of hydrogen-bond donors (Lipinski definition) is 2. The summed E-state index contributed by atoms with van der Waals surface area (Å²) in [5, 5.41) is 18.0. The molecule has 4 rings (SSSR count). The molecule has 0 radical (unpaired) electrons. The van der Waals surface area contributed by atoms with Gasteiger partial charge >= 0.3 is 0 Å². The molecule has 0 spiro atoms. The number of rotatable bonds is 8. The van der Waals surface area contributed by atoms with Gasteiger partial charge in [-0.3, -0.25) is 14.9 Å². The van der Waals surface area contributed by atoms with Crippen molar-refractivity contribution in [3.63, 3.8) is 0 Å². The summed E-state index contributed by atoms with van der Waals surface area (Å²) < 4.78 is 0. The van der Waals surface area contributed by atoms with E-state index in [0.29, 0.717) is 64.7 Å². The maximum Gasteiger partial charge on any atom is 0.287 e. The van der Waals surface area contributed by atoms with Crippen LogP contribution in [0.3, 0.4) is 0 Å². The monoisotopic (exact) mass is 498 g/mol. The number of anilines is 3. The number of hydrogen-bond acceptors (Lipinski definition) is 7. The Morgan fingerprint density at radius 2 is 1.79 bits per heavy atom. The van der Waals surface area contributed by atoms with Gasteiger partial charge in [0.1, 0.15) is 17.8 Å². The zero-order valence-electron chi connectivity index (χ0n) is 17.9. The van der Waals surface area contributed by atoms with Crippen molar-refractivity contribution in [3.8, 4) is 11.3 Å². The van der Waals surface area contributed by atoms with Crippen molar-refractivity contribution in [2.45, 2.75) is 6.42 Å². The van der Waals surface area contributed by atoms with E-state index >= 15 is 0 Å². The molecule has 174 valence electrons. The fourth-order valence-corrected chi connectivity index (χ4v) is 3.93. The molecule has 3 heterocycles. The smallest absolute Gasteiger partial charge is 0.287 e. The molecule has 0 saturated carbocycles. The number of pyridine rings is 2. The molecule has 1 aliphatic rings. The Morgan fingerprint density at radius 1 is 1.03 bits per heavy atom. The fourth-order valence-electron chi connectivity index (χ4n) is 3.44. The summed E-state index contributed by atoms with van der Waals surface area (Å²) in [7, 11) is 0. The number of benzene rings is 1. The van der Waals surface area contributed by atoms with Crippen molar-refractivity contribution < 1.29 is 9.72 Å². The molecule has 2 aromatic heterocycles. The van der Waals surface area contributed by atoms with Gasteiger partial charge < -0.3 is 15.5 Å². The highest BCUT2D eigenvalue weighted by Crippen LogP contribution is 2.37. The lowest BCUT2D eigenvalue weighted by Crippen LogP contribution is -2.33. The molecule has 0 fully saturated rings. The Morgan fingerprint density at radius 3 is 2.47 bits per heavy atom. The molecule has 0 saturated heterocycles. The van der Waals surface area contributed by atoms with Crippen LogP contribution in [0.5, 0.6) is 0 Å². The topological polar surface area (TPSA) is 113 Å². The maximum atomic E-state index is 12.5. The first-order valence-corrected chi connectivity index (χ1v) is 11.2. The Balaban J connectivity index is 1.51. The summed E-state index contributed by atoms with van der Waals surface area (Å²) in [5.74, 6) is 1.11. The van der Waals surface area contributed by atoms with Crippen molar-refractivity contribution in [1.29, 1.82) is 0 Å². The number of amides is 1. The van der Waals surface area contributed by atoms with Crippen LogP contribution in [0, 0.1) is 10.1 Å². The average molecular weight is 499 g/mol. The number of nitrogens with zero attached hydrogens (tertiary/aromatic N) is 4. The van der Waals surface area contributed by atoms with Gasteiger partial charge in [0.05, 0.1) is 21.3 Å². The van der Waals surface area contributed by atoms with E-state index in [1.54, 1.807) is 35.2 Å². The second-order valence-electron chi connectivity index (χ2n) is 7.38. The SMILES string of the molecule is O=C1CC=CCN1c1ccc(NCCNc2ccc([N+](=O)[O-])cn2)nc1-c1ccc(Cl)cc1Cl. The fraction of sp³-hybridized carbons (Fsp3) is 0.174. The third-order valence-corrected chi connectivity index (χ3v) is 5.64. The Kier molecular flexibility index (Phi) is 7.24. The molecule has 3 aromatic rings. The molecule has 9 nitrogen and oxygen atoms in total. The van der Waals surface area contributed by atoms with Crippen LogP contribution in [0.1, 0.15) is 6.42 Å². The van der Waals surface area contributed by atoms with E-state index in [2.05, 4.69) is 15.6 Å². The van der Waals surface area contributed by atoms with E-state index in [0.717, 1.165) is 0 Å². The quantitative estimate of drug-likeness (QED) is 0.190. The average Bonchev–Trinajstić information content (AvgIpc) is 2.83. The Bertz CT molecular complexity index is 1250. The largest absolute Gasteiger partial charge is 0.368 e. The Hall–Kier alpha value is -3.69. The molecule has 11 heteroatoms. The first kappa shape index (κ1) is 23.5. The third kappa shape index (κ3) is 5.44. The van der Waals surface area contributed by atoms with E-state index in [4.69, 9.17) is 28.2 Å². The molecule has 1 aliphatic heterocycles. The van der Waals surface area contributed by atoms with E-state index in [1.165, 1.54) is 12.3 Å². The minimum Gasteiger partial charge on any atom is -0.368 e. The minimum atomic E-state index is -0.494. The third-order valence-electron chi connectivity index (χ3n) is 5.10. The van der Waals surface area contributed by atoms with E-state index in [9.17, 15) is 14.9 Å². The minimum absolute atomic E-state index is 0.0175. The van der Waals surface area contributed by atoms with Gasteiger partial charge in [0, 0.05) is 42.7 Å². The van der Waals surface area contributed by atoms with Crippen LogP contribution in [0.25, 0.3) is 11.3 Å². The highest BCUT2D eigenvalue weighted by Gasteiger charge is 2.22. The molecule has 1 amide bonds. The zero-order chi connectivity index (χ0) is 24.1. The van der Waals surface area contributed by atoms with Crippen LogP contribution in [0.15, 0.2) is 60.8 Å². The van der Waals surface area contributed by atoms with Crippen LogP contribution >= 0.6 is 23.2 Å². The number of halogens is 2. The standard InChI is InChI=1S/C23H20Cl2N6O3/c24-15-4-6-17(18(25)13-15)23-19(30-12-2-1-3-22(30)32)7-9-21(29-23)27-11-10-26-20-8-5-16(14-28-20)31(33)34/h1-2,4-9,13-14H,3,10-12H2,(H,26,28)(H,27,29). The highest BCUT2D eigenvalue weighted by molar-refractivity contribution is 6.36. The summed E-state index contributed by atoms with van der Waals surface area (Å²) >= 11 is 12.5. The molecule has 1 aromatic carbocycles.